The van der Waals surface area contributed by atoms with Crippen molar-refractivity contribution in [2.75, 3.05) is 24.3 Å². The summed E-state index contributed by atoms with van der Waals surface area (Å²) in [5.41, 5.74) is 0.654. The number of carbonyl (C=O) groups excluding carboxylic acids is 1. The molecule has 2 N–H and O–H groups in total. The molecule has 2 saturated heterocycles. The molecule has 2 fully saturated rings. The zero-order chi connectivity index (χ0) is 20.4. The van der Waals surface area contributed by atoms with E-state index in [1.165, 1.54) is 0 Å². The summed E-state index contributed by atoms with van der Waals surface area (Å²) in [4.78, 5) is 12.4. The largest absolute Gasteiger partial charge is 0.441 e. The molecule has 8 nitrogen and oxygen atoms in total. The van der Waals surface area contributed by atoms with Gasteiger partial charge in [0.2, 0.25) is 10.0 Å². The Morgan fingerprint density at radius 3 is 2.69 bits per heavy atom. The maximum Gasteiger partial charge on any atom is 0.412 e. The fourth-order valence-electron chi connectivity index (χ4n) is 3.84. The lowest BCUT2D eigenvalue weighted by molar-refractivity contribution is 0.00884. The molecule has 2 aromatic carbocycles. The van der Waals surface area contributed by atoms with E-state index in [1.807, 2.05) is 42.5 Å². The third kappa shape index (κ3) is 4.37. The van der Waals surface area contributed by atoms with Crippen LogP contribution in [0.3, 0.4) is 0 Å². The van der Waals surface area contributed by atoms with Gasteiger partial charge in [0.25, 0.3) is 0 Å². The molecule has 2 heterocycles. The van der Waals surface area contributed by atoms with E-state index in [1.54, 1.807) is 6.92 Å². The number of carbonyl (C=O) groups is 1. The van der Waals surface area contributed by atoms with Gasteiger partial charge in [-0.15, -0.1) is 0 Å². The molecular formula is C20H24N2O6S. The summed E-state index contributed by atoms with van der Waals surface area (Å²) in [6.45, 7) is 2.14. The van der Waals surface area contributed by atoms with Gasteiger partial charge >= 0.3 is 6.09 Å². The fraction of sp³-hybridized carbons (Fsp3) is 0.450. The summed E-state index contributed by atoms with van der Waals surface area (Å²) >= 11 is 0. The number of anilines is 1. The van der Waals surface area contributed by atoms with Crippen LogP contribution >= 0.6 is 0 Å². The molecule has 0 bridgehead atoms. The van der Waals surface area contributed by atoms with E-state index < -0.39 is 40.5 Å². The summed E-state index contributed by atoms with van der Waals surface area (Å²) in [5.74, 6) is 0.0499. The van der Waals surface area contributed by atoms with E-state index in [9.17, 15) is 13.2 Å². The minimum absolute atomic E-state index is 0.0499. The van der Waals surface area contributed by atoms with Crippen LogP contribution in [0.15, 0.2) is 42.5 Å². The number of hydrogen-bond acceptors (Lipinski definition) is 6. The van der Waals surface area contributed by atoms with Crippen LogP contribution in [-0.4, -0.2) is 57.8 Å². The fourth-order valence-corrected chi connectivity index (χ4v) is 5.15. The number of sulfonamides is 1. The van der Waals surface area contributed by atoms with Crippen molar-refractivity contribution in [3.05, 3.63) is 42.5 Å². The molecule has 2 aliphatic rings. The average Bonchev–Trinajstić information content (AvgIpc) is 3.25. The molecule has 0 radical (unpaired) electrons. The van der Waals surface area contributed by atoms with Crippen LogP contribution in [-0.2, 0) is 24.2 Å². The Balaban J connectivity index is 1.38. The Kier molecular flexibility index (Phi) is 5.73. The number of rotatable bonds is 6. The van der Waals surface area contributed by atoms with Crippen molar-refractivity contribution < 1.29 is 27.4 Å². The van der Waals surface area contributed by atoms with Gasteiger partial charge in [0.1, 0.15) is 12.2 Å². The lowest BCUT2D eigenvalue weighted by Gasteiger charge is -2.18. The predicted octanol–water partition coefficient (Wildman–Crippen LogP) is 2.25. The van der Waals surface area contributed by atoms with Gasteiger partial charge in [-0.2, -0.15) is 0 Å². The molecule has 1 amide bonds. The Labute approximate surface area is 169 Å². The first kappa shape index (κ1) is 20.1. The third-order valence-electron chi connectivity index (χ3n) is 5.10. The van der Waals surface area contributed by atoms with Crippen molar-refractivity contribution >= 4 is 32.6 Å². The van der Waals surface area contributed by atoms with E-state index in [0.29, 0.717) is 12.1 Å². The lowest BCUT2D eigenvalue weighted by Crippen LogP contribution is -2.45. The summed E-state index contributed by atoms with van der Waals surface area (Å²) in [6.07, 6.45) is -1.65. The van der Waals surface area contributed by atoms with Gasteiger partial charge in [-0.3, -0.25) is 5.32 Å². The number of ether oxygens (including phenoxy) is 3. The Morgan fingerprint density at radius 2 is 1.86 bits per heavy atom. The zero-order valence-corrected chi connectivity index (χ0v) is 16.9. The standard InChI is InChI=1S/C20H24N2O6S/c1-2-10-29(24,25)22-16-11-26-19-17(12-27-18(16)19)28-20(23)21-15-9-5-7-13-6-3-4-8-14(13)15/h3-9,16-19,22H,2,10-12H2,1H3,(H,21,23)/t16-,17-,18-,19+/m1/s1. The van der Waals surface area contributed by atoms with E-state index in [-0.39, 0.29) is 19.0 Å². The molecule has 0 spiro atoms. The number of benzene rings is 2. The van der Waals surface area contributed by atoms with Gasteiger partial charge in [0.05, 0.1) is 30.7 Å². The van der Waals surface area contributed by atoms with Gasteiger partial charge in [-0.25, -0.2) is 17.9 Å². The van der Waals surface area contributed by atoms with Gasteiger partial charge in [0.15, 0.2) is 6.10 Å². The van der Waals surface area contributed by atoms with Gasteiger partial charge < -0.3 is 14.2 Å². The molecular weight excluding hydrogens is 396 g/mol. The Bertz CT molecular complexity index is 990. The van der Waals surface area contributed by atoms with E-state index in [0.717, 1.165) is 10.8 Å². The summed E-state index contributed by atoms with van der Waals surface area (Å²) < 4.78 is 43.6. The molecule has 2 aliphatic heterocycles. The molecule has 4 atom stereocenters. The van der Waals surface area contributed by atoms with Crippen LogP contribution in [0.4, 0.5) is 10.5 Å². The van der Waals surface area contributed by atoms with Crippen LogP contribution in [0.5, 0.6) is 0 Å². The molecule has 156 valence electrons. The van der Waals surface area contributed by atoms with Crippen LogP contribution in [0.25, 0.3) is 10.8 Å². The summed E-state index contributed by atoms with van der Waals surface area (Å²) in [6, 6.07) is 12.9. The highest BCUT2D eigenvalue weighted by Crippen LogP contribution is 2.30. The zero-order valence-electron chi connectivity index (χ0n) is 16.0. The maximum atomic E-state index is 12.4. The molecule has 0 aromatic heterocycles. The molecule has 0 aliphatic carbocycles. The minimum Gasteiger partial charge on any atom is -0.441 e. The third-order valence-corrected chi connectivity index (χ3v) is 6.70. The highest BCUT2D eigenvalue weighted by Gasteiger charge is 2.50. The molecule has 29 heavy (non-hydrogen) atoms. The maximum absolute atomic E-state index is 12.4. The minimum atomic E-state index is -3.39. The average molecular weight is 420 g/mol. The SMILES string of the molecule is CCCS(=O)(=O)N[C@@H]1CO[C@@H]2[C@@H]1OC[C@H]2OC(=O)Nc1cccc2ccccc12. The smallest absolute Gasteiger partial charge is 0.412 e. The van der Waals surface area contributed by atoms with E-state index in [4.69, 9.17) is 14.2 Å². The second-order valence-electron chi connectivity index (χ2n) is 7.23. The van der Waals surface area contributed by atoms with E-state index in [2.05, 4.69) is 10.0 Å². The van der Waals surface area contributed by atoms with E-state index >= 15 is 0 Å². The lowest BCUT2D eigenvalue weighted by atomic mass is 10.1. The first-order valence-electron chi connectivity index (χ1n) is 9.65. The molecule has 0 saturated carbocycles. The Morgan fingerprint density at radius 1 is 1.10 bits per heavy atom. The van der Waals surface area contributed by atoms with Crippen molar-refractivity contribution in [3.63, 3.8) is 0 Å². The first-order chi connectivity index (χ1) is 14.0. The topological polar surface area (TPSA) is 103 Å². The van der Waals surface area contributed by atoms with Crippen LogP contribution in [0.2, 0.25) is 0 Å². The second kappa shape index (κ2) is 8.27. The van der Waals surface area contributed by atoms with Crippen LogP contribution in [0, 0.1) is 0 Å². The van der Waals surface area contributed by atoms with Crippen molar-refractivity contribution in [3.8, 4) is 0 Å². The highest BCUT2D eigenvalue weighted by atomic mass is 32.2. The predicted molar refractivity (Wildman–Crippen MR) is 108 cm³/mol. The van der Waals surface area contributed by atoms with Crippen molar-refractivity contribution in [2.24, 2.45) is 0 Å². The van der Waals surface area contributed by atoms with Crippen molar-refractivity contribution in [1.82, 2.24) is 4.72 Å². The number of amides is 1. The van der Waals surface area contributed by atoms with Gasteiger partial charge in [0, 0.05) is 5.39 Å². The first-order valence-corrected chi connectivity index (χ1v) is 11.3. The number of nitrogens with one attached hydrogen (secondary N) is 2. The molecule has 9 heteroatoms. The number of hydrogen-bond donors (Lipinski definition) is 2. The van der Waals surface area contributed by atoms with Crippen LogP contribution < -0.4 is 10.0 Å². The molecule has 4 rings (SSSR count). The quantitative estimate of drug-likeness (QED) is 0.743. The van der Waals surface area contributed by atoms with Crippen LogP contribution in [0.1, 0.15) is 13.3 Å². The second-order valence-corrected chi connectivity index (χ2v) is 9.11. The highest BCUT2D eigenvalue weighted by molar-refractivity contribution is 7.89. The van der Waals surface area contributed by atoms with Gasteiger partial charge in [-0.05, 0) is 17.9 Å². The van der Waals surface area contributed by atoms with Crippen molar-refractivity contribution in [2.45, 2.75) is 37.7 Å². The molecule has 0 unspecified atom stereocenters. The van der Waals surface area contributed by atoms with Gasteiger partial charge in [-0.1, -0.05) is 43.3 Å². The van der Waals surface area contributed by atoms with Crippen molar-refractivity contribution in [1.29, 1.82) is 0 Å². The summed E-state index contributed by atoms with van der Waals surface area (Å²) in [7, 11) is -3.39. The number of fused-ring (bicyclic) bond motifs is 2. The molecule has 2 aromatic rings. The summed E-state index contributed by atoms with van der Waals surface area (Å²) in [5, 5.41) is 4.70. The monoisotopic (exact) mass is 420 g/mol. The Hall–Kier alpha value is -2.20. The normalized spacial score (nSPS) is 26.4.